The molecule has 0 aromatic heterocycles. The van der Waals surface area contributed by atoms with Gasteiger partial charge < -0.3 is 10.0 Å². The Morgan fingerprint density at radius 3 is 2.53 bits per heavy atom. The van der Waals surface area contributed by atoms with Gasteiger partial charge in [-0.05, 0) is 25.1 Å². The number of carbonyl (C=O) groups is 1. The Morgan fingerprint density at radius 2 is 1.87 bits per heavy atom. The second kappa shape index (κ2) is 3.87. The van der Waals surface area contributed by atoms with Crippen LogP contribution in [0, 0.1) is 0 Å². The summed E-state index contributed by atoms with van der Waals surface area (Å²) >= 11 is 0. The van der Waals surface area contributed by atoms with E-state index in [1.54, 1.807) is 4.90 Å². The number of nitrogens with zero attached hydrogens (tertiary/aromatic N) is 1. The van der Waals surface area contributed by atoms with E-state index in [1.165, 1.54) is 6.08 Å². The third-order valence-electron chi connectivity index (χ3n) is 2.50. The molecular formula is C12H13NO2. The van der Waals surface area contributed by atoms with Crippen molar-refractivity contribution < 1.29 is 9.90 Å². The van der Waals surface area contributed by atoms with E-state index >= 15 is 0 Å². The number of carbonyl (C=O) groups excluding carboxylic acids is 1. The second-order valence-electron chi connectivity index (χ2n) is 3.61. The highest BCUT2D eigenvalue weighted by molar-refractivity contribution is 5.99. The maximum absolute atomic E-state index is 11.8. The van der Waals surface area contributed by atoms with Crippen molar-refractivity contribution in [3.8, 4) is 0 Å². The lowest BCUT2D eigenvalue weighted by atomic mass is 10.1. The first-order valence-electron chi connectivity index (χ1n) is 4.94. The van der Waals surface area contributed by atoms with Gasteiger partial charge in [-0.15, -0.1) is 0 Å². The van der Waals surface area contributed by atoms with Gasteiger partial charge in [-0.25, -0.2) is 0 Å². The number of rotatable bonds is 1. The van der Waals surface area contributed by atoms with Crippen molar-refractivity contribution in [1.29, 1.82) is 0 Å². The first-order chi connectivity index (χ1) is 7.20. The number of para-hydroxylation sites is 1. The SMILES string of the molecule is CC1C=CC(O)C(=O)N1c1ccccc1. The van der Waals surface area contributed by atoms with Crippen LogP contribution in [0.5, 0.6) is 0 Å². The average Bonchev–Trinajstić information content (AvgIpc) is 2.26. The molecule has 2 unspecified atom stereocenters. The number of anilines is 1. The van der Waals surface area contributed by atoms with Gasteiger partial charge in [-0.3, -0.25) is 4.79 Å². The zero-order valence-electron chi connectivity index (χ0n) is 8.50. The number of hydrogen-bond acceptors (Lipinski definition) is 2. The molecule has 0 saturated carbocycles. The van der Waals surface area contributed by atoms with Crippen LogP contribution in [-0.4, -0.2) is 23.2 Å². The van der Waals surface area contributed by atoms with Gasteiger partial charge in [0, 0.05) is 5.69 Å². The van der Waals surface area contributed by atoms with Crippen LogP contribution in [0.3, 0.4) is 0 Å². The lowest BCUT2D eigenvalue weighted by Crippen LogP contribution is -2.46. The summed E-state index contributed by atoms with van der Waals surface area (Å²) in [5.41, 5.74) is 0.818. The van der Waals surface area contributed by atoms with Crippen molar-refractivity contribution in [3.63, 3.8) is 0 Å². The molecule has 1 aliphatic rings. The molecule has 3 nitrogen and oxygen atoms in total. The van der Waals surface area contributed by atoms with E-state index in [0.717, 1.165) is 5.69 Å². The van der Waals surface area contributed by atoms with Crippen molar-refractivity contribution >= 4 is 11.6 Å². The third-order valence-corrected chi connectivity index (χ3v) is 2.50. The Kier molecular flexibility index (Phi) is 2.56. The van der Waals surface area contributed by atoms with Crippen LogP contribution in [0.4, 0.5) is 5.69 Å². The van der Waals surface area contributed by atoms with Gasteiger partial charge in [0.25, 0.3) is 5.91 Å². The number of hydrogen-bond donors (Lipinski definition) is 1. The summed E-state index contributed by atoms with van der Waals surface area (Å²) in [6.07, 6.45) is 2.35. The van der Waals surface area contributed by atoms with Crippen molar-refractivity contribution in [2.24, 2.45) is 0 Å². The van der Waals surface area contributed by atoms with E-state index in [-0.39, 0.29) is 11.9 Å². The van der Waals surface area contributed by atoms with E-state index in [4.69, 9.17) is 0 Å². The molecule has 1 aromatic carbocycles. The fourth-order valence-electron chi connectivity index (χ4n) is 1.73. The van der Waals surface area contributed by atoms with Crippen molar-refractivity contribution in [2.75, 3.05) is 4.90 Å². The van der Waals surface area contributed by atoms with E-state index in [9.17, 15) is 9.90 Å². The van der Waals surface area contributed by atoms with Gasteiger partial charge in [0.2, 0.25) is 0 Å². The molecule has 15 heavy (non-hydrogen) atoms. The average molecular weight is 203 g/mol. The summed E-state index contributed by atoms with van der Waals surface area (Å²) in [4.78, 5) is 13.4. The summed E-state index contributed by atoms with van der Waals surface area (Å²) in [6.45, 7) is 1.92. The third kappa shape index (κ3) is 1.78. The lowest BCUT2D eigenvalue weighted by Gasteiger charge is -2.31. The zero-order valence-corrected chi connectivity index (χ0v) is 8.50. The van der Waals surface area contributed by atoms with Crippen LogP contribution < -0.4 is 4.90 Å². The normalized spacial score (nSPS) is 25.7. The molecule has 1 heterocycles. The summed E-state index contributed by atoms with van der Waals surface area (Å²) in [5, 5.41) is 9.45. The van der Waals surface area contributed by atoms with Gasteiger partial charge >= 0.3 is 0 Å². The molecule has 0 spiro atoms. The second-order valence-corrected chi connectivity index (χ2v) is 3.61. The van der Waals surface area contributed by atoms with Crippen molar-refractivity contribution in [1.82, 2.24) is 0 Å². The molecule has 2 rings (SSSR count). The van der Waals surface area contributed by atoms with Crippen LogP contribution in [0.2, 0.25) is 0 Å². The minimum Gasteiger partial charge on any atom is -0.379 e. The van der Waals surface area contributed by atoms with Crippen LogP contribution >= 0.6 is 0 Å². The molecule has 1 aliphatic heterocycles. The maximum Gasteiger partial charge on any atom is 0.260 e. The highest BCUT2D eigenvalue weighted by atomic mass is 16.3. The Labute approximate surface area is 88.6 Å². The number of aliphatic hydroxyl groups excluding tert-OH is 1. The van der Waals surface area contributed by atoms with E-state index in [2.05, 4.69) is 0 Å². The Hall–Kier alpha value is -1.61. The molecule has 1 aromatic rings. The topological polar surface area (TPSA) is 40.5 Å². The number of amides is 1. The number of benzene rings is 1. The Morgan fingerprint density at radius 1 is 1.20 bits per heavy atom. The Bertz CT molecular complexity index is 386. The van der Waals surface area contributed by atoms with Gasteiger partial charge in [0.05, 0.1) is 6.04 Å². The molecule has 0 radical (unpaired) electrons. The number of aliphatic hydroxyl groups is 1. The fraction of sp³-hybridized carbons (Fsp3) is 0.250. The fourth-order valence-corrected chi connectivity index (χ4v) is 1.73. The first kappa shape index (κ1) is 9.93. The summed E-state index contributed by atoms with van der Waals surface area (Å²) in [5.74, 6) is -0.267. The summed E-state index contributed by atoms with van der Waals surface area (Å²) < 4.78 is 0. The molecule has 0 bridgehead atoms. The van der Waals surface area contributed by atoms with E-state index < -0.39 is 6.10 Å². The molecule has 2 atom stereocenters. The van der Waals surface area contributed by atoms with Crippen molar-refractivity contribution in [3.05, 3.63) is 42.5 Å². The lowest BCUT2D eigenvalue weighted by molar-refractivity contribution is -0.125. The van der Waals surface area contributed by atoms with E-state index in [0.29, 0.717) is 0 Å². The van der Waals surface area contributed by atoms with Gasteiger partial charge in [-0.2, -0.15) is 0 Å². The Balaban J connectivity index is 2.36. The van der Waals surface area contributed by atoms with Crippen LogP contribution in [-0.2, 0) is 4.79 Å². The highest BCUT2D eigenvalue weighted by Gasteiger charge is 2.28. The van der Waals surface area contributed by atoms with Crippen LogP contribution in [0.15, 0.2) is 42.5 Å². The minimum absolute atomic E-state index is 0.0108. The molecular weight excluding hydrogens is 190 g/mol. The molecule has 0 saturated heterocycles. The predicted molar refractivity (Wildman–Crippen MR) is 58.5 cm³/mol. The molecule has 0 fully saturated rings. The zero-order chi connectivity index (χ0) is 10.8. The molecule has 1 N–H and O–H groups in total. The van der Waals surface area contributed by atoms with Crippen molar-refractivity contribution in [2.45, 2.75) is 19.1 Å². The predicted octanol–water partition coefficient (Wildman–Crippen LogP) is 1.34. The minimum atomic E-state index is -1.01. The smallest absolute Gasteiger partial charge is 0.260 e. The summed E-state index contributed by atoms with van der Waals surface area (Å²) in [6, 6.07) is 9.36. The van der Waals surface area contributed by atoms with E-state index in [1.807, 2.05) is 43.3 Å². The largest absolute Gasteiger partial charge is 0.379 e. The first-order valence-corrected chi connectivity index (χ1v) is 4.94. The quantitative estimate of drug-likeness (QED) is 0.700. The molecule has 1 amide bonds. The standard InChI is InChI=1S/C12H13NO2/c1-9-7-8-11(14)12(15)13(9)10-5-3-2-4-6-10/h2-9,11,14H,1H3. The maximum atomic E-state index is 11.8. The van der Waals surface area contributed by atoms with Crippen LogP contribution in [0.1, 0.15) is 6.92 Å². The monoisotopic (exact) mass is 203 g/mol. The summed E-state index contributed by atoms with van der Waals surface area (Å²) in [7, 11) is 0. The molecule has 78 valence electrons. The van der Waals surface area contributed by atoms with Gasteiger partial charge in [0.1, 0.15) is 0 Å². The highest BCUT2D eigenvalue weighted by Crippen LogP contribution is 2.21. The van der Waals surface area contributed by atoms with Crippen LogP contribution in [0.25, 0.3) is 0 Å². The van der Waals surface area contributed by atoms with Gasteiger partial charge in [-0.1, -0.05) is 24.3 Å². The van der Waals surface area contributed by atoms with Gasteiger partial charge in [0.15, 0.2) is 6.10 Å². The molecule has 3 heteroatoms. The molecule has 0 aliphatic carbocycles.